The van der Waals surface area contributed by atoms with Crippen molar-refractivity contribution in [1.29, 1.82) is 5.41 Å². The number of allylic oxidation sites excluding steroid dienone is 3. The molecule has 4 rings (SSSR count). The topological polar surface area (TPSA) is 176 Å². The highest BCUT2D eigenvalue weighted by Gasteiger charge is 2.55. The van der Waals surface area contributed by atoms with Gasteiger partial charge in [0.1, 0.15) is 17.6 Å². The molecule has 14 atom stereocenters. The van der Waals surface area contributed by atoms with Crippen LogP contribution in [0, 0.1) is 35.0 Å². The number of esters is 1. The quantitative estimate of drug-likeness (QED) is 0.124. The van der Waals surface area contributed by atoms with Gasteiger partial charge in [-0.15, -0.1) is 0 Å². The molecule has 3 fully saturated rings. The number of amides is 1. The van der Waals surface area contributed by atoms with Gasteiger partial charge in [-0.1, -0.05) is 45.4 Å². The number of nitrogens with zero attached hydrogens (tertiary/aromatic N) is 1. The summed E-state index contributed by atoms with van der Waals surface area (Å²) in [6.45, 7) is 11.8. The molecule has 1 radical (unpaired) electrons. The van der Waals surface area contributed by atoms with Crippen LogP contribution in [0.25, 0.3) is 0 Å². The van der Waals surface area contributed by atoms with E-state index in [4.69, 9.17) is 24.4 Å². The Morgan fingerprint density at radius 3 is 2.27 bits per heavy atom. The Bertz CT molecular complexity index is 1440. The number of carbonyl (C=O) groups excluding carboxylic acids is 3. The third-order valence-corrected chi connectivity index (χ3v) is 13.3. The predicted molar refractivity (Wildman–Crippen MR) is 215 cm³/mol. The summed E-state index contributed by atoms with van der Waals surface area (Å²) >= 11 is 0. The van der Waals surface area contributed by atoms with E-state index in [1.807, 2.05) is 26.8 Å². The summed E-state index contributed by atoms with van der Waals surface area (Å²) in [5.41, 5.74) is 0.110. The molecule has 4 aliphatic rings. The molecule has 1 amide bonds. The molecule has 0 aromatic heterocycles. The number of aliphatic hydroxyl groups excluding tert-OH is 2. The van der Waals surface area contributed by atoms with Crippen molar-refractivity contribution >= 4 is 30.7 Å². The monoisotopic (exact) mass is 786 g/mol. The Kier molecular flexibility index (Phi) is 17.0. The second-order valence-electron chi connectivity index (χ2n) is 17.5. The minimum atomic E-state index is -2.11. The van der Waals surface area contributed by atoms with Crippen molar-refractivity contribution < 1.29 is 48.7 Å². The first-order chi connectivity index (χ1) is 26.5. The normalized spacial score (nSPS) is 41.4. The molecule has 12 nitrogen and oxygen atoms in total. The van der Waals surface area contributed by atoms with E-state index in [-0.39, 0.29) is 49.3 Å². The van der Waals surface area contributed by atoms with Gasteiger partial charge >= 0.3 is 5.97 Å². The Morgan fingerprint density at radius 2 is 1.62 bits per heavy atom. The SMILES string of the molecule is CC[C@@H]1/C=C(\C)C[C@H](C)C[C@H](OC)[C@H]2[B][C@@](O)(C(=O)C(=O)N3CCCC[C@H]3C(=O)O[C@H](/C(C)=C/[C@@H]3CC[C@@H](O)[C@H](OC)C3)[C@H](C)[C@@H](O)CC1=N)[C@H](C)C[C@@H]2OC. The number of nitrogens with one attached hydrogen (secondary N) is 1. The van der Waals surface area contributed by atoms with Gasteiger partial charge in [-0.25, -0.2) is 4.79 Å². The molecule has 1 aliphatic carbocycles. The second-order valence-corrected chi connectivity index (χ2v) is 17.5. The van der Waals surface area contributed by atoms with Gasteiger partial charge in [0.2, 0.25) is 5.78 Å². The zero-order chi connectivity index (χ0) is 41.5. The van der Waals surface area contributed by atoms with Crippen LogP contribution in [-0.4, -0.2) is 127 Å². The predicted octanol–water partition coefficient (Wildman–Crippen LogP) is 5.03. The fourth-order valence-electron chi connectivity index (χ4n) is 9.79. The van der Waals surface area contributed by atoms with Crippen LogP contribution in [0.3, 0.4) is 0 Å². The molecule has 0 unspecified atom stereocenters. The van der Waals surface area contributed by atoms with Crippen LogP contribution in [-0.2, 0) is 33.3 Å². The summed E-state index contributed by atoms with van der Waals surface area (Å²) in [5, 5.41) is 43.5. The zero-order valence-electron chi connectivity index (χ0n) is 35.4. The van der Waals surface area contributed by atoms with Gasteiger partial charge in [-0.2, -0.15) is 0 Å². The first-order valence-corrected chi connectivity index (χ1v) is 21.0. The molecule has 0 spiro atoms. The van der Waals surface area contributed by atoms with Gasteiger partial charge in [0.25, 0.3) is 5.91 Å². The minimum Gasteiger partial charge on any atom is -0.456 e. The Morgan fingerprint density at radius 1 is 0.964 bits per heavy atom. The number of rotatable bonds is 6. The number of cyclic esters (lactones) is 1. The maximum Gasteiger partial charge on any atom is 0.329 e. The Balaban J connectivity index is 1.76. The van der Waals surface area contributed by atoms with E-state index in [2.05, 4.69) is 19.9 Å². The summed E-state index contributed by atoms with van der Waals surface area (Å²) < 4.78 is 23.8. The summed E-state index contributed by atoms with van der Waals surface area (Å²) in [6, 6.07) is -1.06. The van der Waals surface area contributed by atoms with Crippen LogP contribution in [0.15, 0.2) is 23.3 Å². The van der Waals surface area contributed by atoms with Gasteiger partial charge in [0.05, 0.1) is 30.5 Å². The number of Topliss-reactive ketones (excluding diaryl/α,β-unsaturated/α-hetero) is 1. The molecular weight excluding hydrogens is 715 g/mol. The van der Waals surface area contributed by atoms with Gasteiger partial charge in [0, 0.05) is 51.8 Å². The highest BCUT2D eigenvalue weighted by Crippen LogP contribution is 2.42. The average molecular weight is 786 g/mol. The van der Waals surface area contributed by atoms with Gasteiger partial charge in [-0.05, 0) is 107 Å². The van der Waals surface area contributed by atoms with Crippen molar-refractivity contribution in [2.24, 2.45) is 29.6 Å². The molecule has 4 N–H and O–H groups in total. The van der Waals surface area contributed by atoms with Gasteiger partial charge in [-0.3, -0.25) is 9.59 Å². The molecule has 0 aromatic carbocycles. The van der Waals surface area contributed by atoms with Crippen LogP contribution < -0.4 is 0 Å². The minimum absolute atomic E-state index is 0.0360. The summed E-state index contributed by atoms with van der Waals surface area (Å²) in [5.74, 6) is -4.36. The van der Waals surface area contributed by atoms with Gasteiger partial charge in [0.15, 0.2) is 7.28 Å². The smallest absolute Gasteiger partial charge is 0.329 e. The number of carbonyl (C=O) groups is 3. The first kappa shape index (κ1) is 46.3. The van der Waals surface area contributed by atoms with Crippen molar-refractivity contribution in [3.63, 3.8) is 0 Å². The van der Waals surface area contributed by atoms with Crippen LogP contribution in [0.1, 0.15) is 112 Å². The third-order valence-electron chi connectivity index (χ3n) is 13.3. The Labute approximate surface area is 335 Å². The number of ether oxygens (including phenoxy) is 4. The van der Waals surface area contributed by atoms with Crippen LogP contribution in [0.5, 0.6) is 0 Å². The summed E-state index contributed by atoms with van der Waals surface area (Å²) in [7, 11) is 6.35. The highest BCUT2D eigenvalue weighted by atomic mass is 16.5. The maximum atomic E-state index is 14.3. The lowest BCUT2D eigenvalue weighted by atomic mass is 9.39. The fourth-order valence-corrected chi connectivity index (χ4v) is 9.79. The van der Waals surface area contributed by atoms with E-state index in [0.29, 0.717) is 57.1 Å². The number of hydrogen-bond donors (Lipinski definition) is 4. The van der Waals surface area contributed by atoms with E-state index < -0.39 is 71.3 Å². The van der Waals surface area contributed by atoms with Crippen molar-refractivity contribution in [1.82, 2.24) is 4.90 Å². The molecule has 1 saturated carbocycles. The van der Waals surface area contributed by atoms with Crippen molar-refractivity contribution in [3.05, 3.63) is 23.3 Å². The molecule has 315 valence electrons. The van der Waals surface area contributed by atoms with E-state index in [9.17, 15) is 29.7 Å². The summed E-state index contributed by atoms with van der Waals surface area (Å²) in [4.78, 5) is 44.2. The molecule has 3 aliphatic heterocycles. The van der Waals surface area contributed by atoms with Crippen molar-refractivity contribution in [3.8, 4) is 0 Å². The van der Waals surface area contributed by atoms with Gasteiger partial charge < -0.3 is 44.6 Å². The summed E-state index contributed by atoms with van der Waals surface area (Å²) in [6.07, 6.45) is 6.35. The highest BCUT2D eigenvalue weighted by molar-refractivity contribution is 6.58. The molecule has 2 bridgehead atoms. The molecule has 2 saturated heterocycles. The van der Waals surface area contributed by atoms with Crippen LogP contribution in [0.2, 0.25) is 5.82 Å². The largest absolute Gasteiger partial charge is 0.456 e. The molecule has 3 heterocycles. The number of ketones is 1. The first-order valence-electron chi connectivity index (χ1n) is 21.0. The molecule has 0 aromatic rings. The number of methoxy groups -OCH3 is 3. The maximum absolute atomic E-state index is 14.3. The van der Waals surface area contributed by atoms with E-state index in [1.54, 1.807) is 35.5 Å². The molecular formula is C43H70BN2O10. The second kappa shape index (κ2) is 20.5. The standard InChI is InChI=1S/C43H70BN2O10/c1-10-30-18-24(2)17-25(3)19-36(54-8)38-37(55-9)21-27(5)43(52,44-38)40(49)41(50)46-16-12-11-13-32(46)42(51)56-39(28(6)34(48)23-31(30)45)26(4)20-29-14-15-33(47)35(22-29)53-7/h18,20,25,27-30,32-39,45,47-48,52H,10-17,19,21-23H2,1-9H3/b24-18+,26-20+,45-31?/t25-,27+,28+,29-,30+,32-,33+,34-,35+,36-,37-,38+,39+,43-/m0/s1. The average Bonchev–Trinajstić information content (AvgIpc) is 3.18. The lowest BCUT2D eigenvalue weighted by Gasteiger charge is -2.47. The molecule has 13 heteroatoms. The van der Waals surface area contributed by atoms with Crippen LogP contribution in [0.4, 0.5) is 0 Å². The number of fused-ring (bicyclic) bond motifs is 3. The Hall–Kier alpha value is -2.42. The number of piperidine rings is 1. The van der Waals surface area contributed by atoms with E-state index >= 15 is 0 Å². The van der Waals surface area contributed by atoms with Crippen molar-refractivity contribution in [2.75, 3.05) is 27.9 Å². The number of hydrogen-bond acceptors (Lipinski definition) is 11. The van der Waals surface area contributed by atoms with Crippen LogP contribution >= 0.6 is 0 Å². The number of aliphatic hydroxyl groups is 3. The zero-order valence-corrected chi connectivity index (χ0v) is 35.4. The lowest BCUT2D eigenvalue weighted by molar-refractivity contribution is -0.167. The van der Waals surface area contributed by atoms with E-state index in [0.717, 1.165) is 17.6 Å². The van der Waals surface area contributed by atoms with E-state index in [1.165, 1.54) is 4.90 Å². The fraction of sp³-hybridized carbons (Fsp3) is 0.814. The lowest BCUT2D eigenvalue weighted by Crippen LogP contribution is -2.64. The molecule has 56 heavy (non-hydrogen) atoms. The third kappa shape index (κ3) is 10.8. The van der Waals surface area contributed by atoms with Crippen molar-refractivity contribution in [2.45, 2.75) is 166 Å².